The fourth-order valence-electron chi connectivity index (χ4n) is 4.41. The Morgan fingerprint density at radius 2 is 1.96 bits per heavy atom. The Bertz CT molecular complexity index is 869. The van der Waals surface area contributed by atoms with Crippen LogP contribution in [-0.4, -0.2) is 71.0 Å². The van der Waals surface area contributed by atoms with E-state index in [2.05, 4.69) is 4.98 Å². The highest BCUT2D eigenvalue weighted by Crippen LogP contribution is 2.30. The molecule has 1 aromatic heterocycles. The molecule has 1 spiro atoms. The number of rotatable bonds is 3. The summed E-state index contributed by atoms with van der Waals surface area (Å²) in [5.41, 5.74) is 8.08. The Morgan fingerprint density at radius 1 is 1.21 bits per heavy atom. The summed E-state index contributed by atoms with van der Waals surface area (Å²) in [7, 11) is 0. The van der Waals surface area contributed by atoms with Crippen LogP contribution in [0.2, 0.25) is 0 Å². The van der Waals surface area contributed by atoms with Crippen molar-refractivity contribution in [2.24, 2.45) is 5.73 Å². The van der Waals surface area contributed by atoms with Crippen LogP contribution < -0.4 is 5.73 Å². The van der Waals surface area contributed by atoms with Crippen LogP contribution in [0.4, 0.5) is 0 Å². The molecular weight excluding hydrogens is 356 g/mol. The minimum absolute atomic E-state index is 0.0145. The fourth-order valence-corrected chi connectivity index (χ4v) is 4.41. The van der Waals surface area contributed by atoms with E-state index < -0.39 is 6.04 Å². The maximum atomic E-state index is 12.9. The molecule has 1 aromatic carbocycles. The molecule has 7 nitrogen and oxygen atoms in total. The standard InChI is InChI=1S/C21H28N4O3/c1-15(26)25-10-11-28-21(14-25)6-8-24(9-7-21)20(27)18(22)12-16-13-23-19-5-3-2-4-17(16)19/h2-5,13,18,23H,6-12,14,22H2,1H3/t18-/m1/s1. The van der Waals surface area contributed by atoms with Crippen molar-refractivity contribution in [3.8, 4) is 0 Å². The number of aromatic nitrogens is 1. The minimum atomic E-state index is -0.561. The lowest BCUT2D eigenvalue weighted by Crippen LogP contribution is -2.59. The molecule has 2 aromatic rings. The van der Waals surface area contributed by atoms with Crippen molar-refractivity contribution in [3.05, 3.63) is 36.0 Å². The Labute approximate surface area is 164 Å². The number of nitrogens with one attached hydrogen (secondary N) is 1. The number of para-hydroxylation sites is 1. The van der Waals surface area contributed by atoms with E-state index in [9.17, 15) is 9.59 Å². The smallest absolute Gasteiger partial charge is 0.239 e. The average molecular weight is 384 g/mol. The van der Waals surface area contributed by atoms with Crippen LogP contribution in [0, 0.1) is 0 Å². The Morgan fingerprint density at radius 3 is 2.71 bits per heavy atom. The van der Waals surface area contributed by atoms with Crippen LogP contribution in [0.15, 0.2) is 30.5 Å². The molecule has 7 heteroatoms. The number of nitrogens with zero attached hydrogens (tertiary/aromatic N) is 2. The topological polar surface area (TPSA) is 91.7 Å². The van der Waals surface area contributed by atoms with Crippen LogP contribution in [0.25, 0.3) is 10.9 Å². The van der Waals surface area contributed by atoms with Gasteiger partial charge in [0.05, 0.1) is 18.2 Å². The van der Waals surface area contributed by atoms with Gasteiger partial charge >= 0.3 is 0 Å². The lowest BCUT2D eigenvalue weighted by atomic mass is 9.88. The van der Waals surface area contributed by atoms with E-state index in [-0.39, 0.29) is 17.4 Å². The number of likely N-dealkylation sites (tertiary alicyclic amines) is 1. The van der Waals surface area contributed by atoms with Gasteiger partial charge in [-0.15, -0.1) is 0 Å². The number of nitrogens with two attached hydrogens (primary N) is 1. The summed E-state index contributed by atoms with van der Waals surface area (Å²) in [4.78, 5) is 31.5. The first-order valence-electron chi connectivity index (χ1n) is 9.96. The summed E-state index contributed by atoms with van der Waals surface area (Å²) in [6, 6.07) is 7.48. The Hall–Kier alpha value is -2.38. The van der Waals surface area contributed by atoms with Gasteiger partial charge in [0.25, 0.3) is 0 Å². The van der Waals surface area contributed by atoms with Gasteiger partial charge < -0.3 is 25.3 Å². The van der Waals surface area contributed by atoms with Gasteiger partial charge in [0.15, 0.2) is 0 Å². The highest BCUT2D eigenvalue weighted by atomic mass is 16.5. The lowest BCUT2D eigenvalue weighted by molar-refractivity contribution is -0.162. The van der Waals surface area contributed by atoms with Crippen molar-refractivity contribution >= 4 is 22.7 Å². The molecule has 150 valence electrons. The van der Waals surface area contributed by atoms with Crippen molar-refractivity contribution in [1.82, 2.24) is 14.8 Å². The van der Waals surface area contributed by atoms with Crippen molar-refractivity contribution in [2.75, 3.05) is 32.8 Å². The predicted octanol–water partition coefficient (Wildman–Crippen LogP) is 1.28. The first-order chi connectivity index (χ1) is 13.5. The van der Waals surface area contributed by atoms with Crippen molar-refractivity contribution < 1.29 is 14.3 Å². The minimum Gasteiger partial charge on any atom is -0.371 e. The zero-order valence-corrected chi connectivity index (χ0v) is 16.3. The number of aromatic amines is 1. The van der Waals surface area contributed by atoms with Crippen molar-refractivity contribution in [3.63, 3.8) is 0 Å². The van der Waals surface area contributed by atoms with Crippen molar-refractivity contribution in [2.45, 2.75) is 37.8 Å². The Balaban J connectivity index is 1.36. The molecule has 2 aliphatic heterocycles. The molecule has 0 saturated carbocycles. The number of piperidine rings is 1. The molecule has 0 bridgehead atoms. The zero-order valence-electron chi connectivity index (χ0n) is 16.3. The predicted molar refractivity (Wildman–Crippen MR) is 107 cm³/mol. The molecule has 1 atom stereocenters. The quantitative estimate of drug-likeness (QED) is 0.834. The fraction of sp³-hybridized carbons (Fsp3) is 0.524. The number of amides is 2. The summed E-state index contributed by atoms with van der Waals surface area (Å²) in [5.74, 6) is 0.0706. The summed E-state index contributed by atoms with van der Waals surface area (Å²) in [6.07, 6.45) is 3.93. The van der Waals surface area contributed by atoms with Gasteiger partial charge in [0.2, 0.25) is 11.8 Å². The monoisotopic (exact) mass is 384 g/mol. The van der Waals surface area contributed by atoms with E-state index in [4.69, 9.17) is 10.5 Å². The molecule has 2 aliphatic rings. The number of H-pyrrole nitrogens is 1. The van der Waals surface area contributed by atoms with E-state index in [1.54, 1.807) is 6.92 Å². The third-order valence-electron chi connectivity index (χ3n) is 6.11. The van der Waals surface area contributed by atoms with Crippen LogP contribution in [0.3, 0.4) is 0 Å². The van der Waals surface area contributed by atoms with Crippen LogP contribution in [0.1, 0.15) is 25.3 Å². The maximum absolute atomic E-state index is 12.9. The highest BCUT2D eigenvalue weighted by Gasteiger charge is 2.41. The highest BCUT2D eigenvalue weighted by molar-refractivity contribution is 5.86. The summed E-state index contributed by atoms with van der Waals surface area (Å²) in [6.45, 7) is 4.66. The van der Waals surface area contributed by atoms with E-state index in [0.717, 1.165) is 29.3 Å². The lowest BCUT2D eigenvalue weighted by Gasteiger charge is -2.47. The number of carbonyl (C=O) groups is 2. The molecule has 2 saturated heterocycles. The number of hydrogen-bond acceptors (Lipinski definition) is 4. The largest absolute Gasteiger partial charge is 0.371 e. The molecule has 3 heterocycles. The second-order valence-electron chi connectivity index (χ2n) is 7.97. The Kier molecular flexibility index (Phi) is 5.12. The third-order valence-corrected chi connectivity index (χ3v) is 6.11. The number of hydrogen-bond donors (Lipinski definition) is 2. The van der Waals surface area contributed by atoms with E-state index in [0.29, 0.717) is 39.2 Å². The molecule has 28 heavy (non-hydrogen) atoms. The third kappa shape index (κ3) is 3.64. The first-order valence-corrected chi connectivity index (χ1v) is 9.96. The van der Waals surface area contributed by atoms with Crippen LogP contribution in [0.5, 0.6) is 0 Å². The van der Waals surface area contributed by atoms with Crippen LogP contribution >= 0.6 is 0 Å². The molecule has 3 N–H and O–H groups in total. The second-order valence-corrected chi connectivity index (χ2v) is 7.97. The van der Waals surface area contributed by atoms with Gasteiger partial charge in [-0.1, -0.05) is 18.2 Å². The van der Waals surface area contributed by atoms with Gasteiger partial charge in [-0.3, -0.25) is 9.59 Å². The number of fused-ring (bicyclic) bond motifs is 1. The van der Waals surface area contributed by atoms with Crippen LogP contribution in [-0.2, 0) is 20.7 Å². The SMILES string of the molecule is CC(=O)N1CCOC2(CCN(C(=O)[C@H](N)Cc3c[nH]c4ccccc34)CC2)C1. The second kappa shape index (κ2) is 7.56. The van der Waals surface area contributed by atoms with Gasteiger partial charge in [0, 0.05) is 50.2 Å². The van der Waals surface area contributed by atoms with Gasteiger partial charge in [0.1, 0.15) is 0 Å². The molecule has 4 rings (SSSR count). The number of ether oxygens (including phenoxy) is 1. The molecular formula is C21H28N4O3. The zero-order chi connectivity index (χ0) is 19.7. The van der Waals surface area contributed by atoms with Crippen molar-refractivity contribution in [1.29, 1.82) is 0 Å². The molecule has 0 radical (unpaired) electrons. The molecule has 2 fully saturated rings. The summed E-state index contributed by atoms with van der Waals surface area (Å²) < 4.78 is 6.04. The van der Waals surface area contributed by atoms with E-state index in [1.807, 2.05) is 40.3 Å². The first kappa shape index (κ1) is 19.0. The number of benzene rings is 1. The average Bonchev–Trinajstić information content (AvgIpc) is 3.11. The van der Waals surface area contributed by atoms with Gasteiger partial charge in [-0.2, -0.15) is 0 Å². The van der Waals surface area contributed by atoms with E-state index >= 15 is 0 Å². The summed E-state index contributed by atoms with van der Waals surface area (Å²) >= 11 is 0. The number of carbonyl (C=O) groups excluding carboxylic acids is 2. The maximum Gasteiger partial charge on any atom is 0.239 e. The molecule has 0 aliphatic carbocycles. The number of morpholine rings is 1. The summed E-state index contributed by atoms with van der Waals surface area (Å²) in [5, 5.41) is 1.11. The van der Waals surface area contributed by atoms with Gasteiger partial charge in [-0.25, -0.2) is 0 Å². The van der Waals surface area contributed by atoms with Gasteiger partial charge in [-0.05, 0) is 30.9 Å². The molecule has 2 amide bonds. The van der Waals surface area contributed by atoms with E-state index in [1.165, 1.54) is 0 Å². The normalized spacial score (nSPS) is 20.5. The molecule has 0 unspecified atom stereocenters.